The van der Waals surface area contributed by atoms with E-state index in [4.69, 9.17) is 0 Å². The molecule has 0 fully saturated rings. The van der Waals surface area contributed by atoms with E-state index in [2.05, 4.69) is 15.4 Å². The van der Waals surface area contributed by atoms with Crippen LogP contribution >= 0.6 is 0 Å². The van der Waals surface area contributed by atoms with Crippen LogP contribution in [0.25, 0.3) is 5.69 Å². The van der Waals surface area contributed by atoms with Crippen molar-refractivity contribution in [3.8, 4) is 5.69 Å². The second-order valence-electron chi connectivity index (χ2n) is 5.67. The van der Waals surface area contributed by atoms with E-state index in [0.29, 0.717) is 11.3 Å². The number of benzene rings is 2. The summed E-state index contributed by atoms with van der Waals surface area (Å²) in [5.74, 6) is -1.56. The van der Waals surface area contributed by atoms with Crippen molar-refractivity contribution in [3.63, 3.8) is 0 Å². The number of carbonyl (C=O) groups is 1. The number of hydrogen-bond donors (Lipinski definition) is 1. The minimum atomic E-state index is -0.616. The molecule has 7 heteroatoms. The average molecular weight is 342 g/mol. The summed E-state index contributed by atoms with van der Waals surface area (Å²) in [4.78, 5) is 16.3. The Hall–Kier alpha value is -3.09. The molecule has 1 aromatic heterocycles. The second-order valence-corrected chi connectivity index (χ2v) is 5.67. The van der Waals surface area contributed by atoms with Gasteiger partial charge in [0, 0.05) is 17.2 Å². The minimum absolute atomic E-state index is 0.0355. The molecule has 0 aliphatic rings. The summed E-state index contributed by atoms with van der Waals surface area (Å²) < 4.78 is 29.0. The fourth-order valence-corrected chi connectivity index (χ4v) is 2.52. The topological polar surface area (TPSA) is 59.8 Å². The summed E-state index contributed by atoms with van der Waals surface area (Å²) in [5, 5.41) is 6.77. The number of nitrogens with one attached hydrogen (secondary N) is 1. The smallest absolute Gasteiger partial charge is 0.251 e. The Bertz CT molecular complexity index is 860. The molecular weight excluding hydrogens is 326 g/mol. The molecule has 0 aliphatic carbocycles. The van der Waals surface area contributed by atoms with Gasteiger partial charge in [0.2, 0.25) is 0 Å². The van der Waals surface area contributed by atoms with Crippen molar-refractivity contribution in [1.82, 2.24) is 20.1 Å². The molecular formula is C18H16F2N4O. The Labute approximate surface area is 143 Å². The number of nitrogens with zero attached hydrogens (tertiary/aromatic N) is 3. The van der Waals surface area contributed by atoms with Gasteiger partial charge in [0.25, 0.3) is 5.91 Å². The van der Waals surface area contributed by atoms with Gasteiger partial charge in [-0.25, -0.2) is 18.4 Å². The van der Waals surface area contributed by atoms with Gasteiger partial charge in [0.15, 0.2) is 0 Å². The van der Waals surface area contributed by atoms with Gasteiger partial charge in [-0.15, -0.1) is 0 Å². The first-order chi connectivity index (χ1) is 12.0. The van der Waals surface area contributed by atoms with E-state index in [-0.39, 0.29) is 17.9 Å². The summed E-state index contributed by atoms with van der Waals surface area (Å²) in [6.45, 7) is 1.70. The first-order valence-electron chi connectivity index (χ1n) is 7.73. The van der Waals surface area contributed by atoms with Gasteiger partial charge in [0.05, 0.1) is 5.69 Å². The van der Waals surface area contributed by atoms with Crippen molar-refractivity contribution in [1.29, 1.82) is 0 Å². The maximum atomic E-state index is 13.7. The zero-order valence-corrected chi connectivity index (χ0v) is 13.5. The highest BCUT2D eigenvalue weighted by molar-refractivity contribution is 5.94. The number of carbonyl (C=O) groups excluding carboxylic acids is 1. The van der Waals surface area contributed by atoms with Crippen LogP contribution in [0.3, 0.4) is 0 Å². The van der Waals surface area contributed by atoms with Crippen molar-refractivity contribution >= 4 is 5.91 Å². The predicted octanol–water partition coefficient (Wildman–Crippen LogP) is 2.91. The van der Waals surface area contributed by atoms with Crippen LogP contribution in [0.1, 0.15) is 22.8 Å². The normalized spacial score (nSPS) is 12.0. The fourth-order valence-electron chi connectivity index (χ4n) is 2.52. The Kier molecular flexibility index (Phi) is 4.83. The number of rotatable bonds is 5. The molecule has 5 nitrogen and oxygen atoms in total. The van der Waals surface area contributed by atoms with Crippen molar-refractivity contribution in [2.75, 3.05) is 0 Å². The highest BCUT2D eigenvalue weighted by Crippen LogP contribution is 2.15. The summed E-state index contributed by atoms with van der Waals surface area (Å²) in [5.41, 5.74) is 1.08. The Morgan fingerprint density at radius 3 is 2.60 bits per heavy atom. The Morgan fingerprint density at radius 2 is 1.92 bits per heavy atom. The van der Waals surface area contributed by atoms with Gasteiger partial charge in [-0.05, 0) is 43.7 Å². The van der Waals surface area contributed by atoms with Crippen LogP contribution in [0, 0.1) is 11.6 Å². The lowest BCUT2D eigenvalue weighted by Gasteiger charge is -2.15. The number of halogens is 2. The lowest BCUT2D eigenvalue weighted by Crippen LogP contribution is -2.34. The van der Waals surface area contributed by atoms with Gasteiger partial charge in [-0.1, -0.05) is 12.1 Å². The van der Waals surface area contributed by atoms with Gasteiger partial charge < -0.3 is 5.32 Å². The van der Waals surface area contributed by atoms with E-state index in [1.54, 1.807) is 31.2 Å². The summed E-state index contributed by atoms with van der Waals surface area (Å²) >= 11 is 0. The monoisotopic (exact) mass is 342 g/mol. The standard InChI is InChI=1S/C18H16F2N4O/c1-12(8-15-16(19)6-3-7-17(15)20)23-18(25)13-4-2-5-14(9-13)24-11-21-10-22-24/h2-7,9-12H,8H2,1H3,(H,23,25)/t12-/m1/s1. The SMILES string of the molecule is C[C@H](Cc1c(F)cccc1F)NC(=O)c1cccc(-n2cncn2)c1. The van der Waals surface area contributed by atoms with Gasteiger partial charge >= 0.3 is 0 Å². The molecule has 3 rings (SSSR count). The molecule has 0 aliphatic heterocycles. The van der Waals surface area contributed by atoms with Gasteiger partial charge in [-0.3, -0.25) is 4.79 Å². The van der Waals surface area contributed by atoms with Crippen LogP contribution in [-0.4, -0.2) is 26.7 Å². The molecule has 1 N–H and O–H groups in total. The third-order valence-corrected chi connectivity index (χ3v) is 3.74. The molecule has 1 amide bonds. The van der Waals surface area contributed by atoms with E-state index in [1.807, 2.05) is 0 Å². The molecule has 0 saturated heterocycles. The van der Waals surface area contributed by atoms with E-state index in [0.717, 1.165) is 0 Å². The first-order valence-corrected chi connectivity index (χ1v) is 7.73. The molecule has 1 heterocycles. The molecule has 0 unspecified atom stereocenters. The first kappa shape index (κ1) is 16.8. The highest BCUT2D eigenvalue weighted by Gasteiger charge is 2.15. The van der Waals surface area contributed by atoms with Crippen LogP contribution in [0.2, 0.25) is 0 Å². The molecule has 0 spiro atoms. The maximum Gasteiger partial charge on any atom is 0.251 e. The summed E-state index contributed by atoms with van der Waals surface area (Å²) in [7, 11) is 0. The van der Waals surface area contributed by atoms with Gasteiger partial charge in [0.1, 0.15) is 24.3 Å². The third-order valence-electron chi connectivity index (χ3n) is 3.74. The molecule has 25 heavy (non-hydrogen) atoms. The molecule has 1 atom stereocenters. The average Bonchev–Trinajstić information content (AvgIpc) is 3.13. The third kappa shape index (κ3) is 3.88. The van der Waals surface area contributed by atoms with Crippen LogP contribution in [0.15, 0.2) is 55.1 Å². The number of amides is 1. The van der Waals surface area contributed by atoms with Crippen molar-refractivity contribution < 1.29 is 13.6 Å². The summed E-state index contributed by atoms with van der Waals surface area (Å²) in [6, 6.07) is 10.1. The zero-order valence-electron chi connectivity index (χ0n) is 13.5. The second kappa shape index (κ2) is 7.21. The molecule has 128 valence electrons. The molecule has 0 radical (unpaired) electrons. The highest BCUT2D eigenvalue weighted by atomic mass is 19.1. The molecule has 2 aromatic carbocycles. The van der Waals surface area contributed by atoms with E-state index >= 15 is 0 Å². The quantitative estimate of drug-likeness (QED) is 0.776. The van der Waals surface area contributed by atoms with Crippen molar-refractivity contribution in [3.05, 3.63) is 77.9 Å². The van der Waals surface area contributed by atoms with Crippen molar-refractivity contribution in [2.45, 2.75) is 19.4 Å². The predicted molar refractivity (Wildman–Crippen MR) is 88.3 cm³/mol. The number of aromatic nitrogens is 3. The summed E-state index contributed by atoms with van der Waals surface area (Å²) in [6.07, 6.45) is 2.99. The lowest BCUT2D eigenvalue weighted by atomic mass is 10.1. The van der Waals surface area contributed by atoms with E-state index < -0.39 is 17.7 Å². The van der Waals surface area contributed by atoms with Crippen LogP contribution in [-0.2, 0) is 6.42 Å². The Balaban J connectivity index is 1.71. The number of hydrogen-bond acceptors (Lipinski definition) is 3. The van der Waals surface area contributed by atoms with Crippen LogP contribution in [0.4, 0.5) is 8.78 Å². The largest absolute Gasteiger partial charge is 0.349 e. The Morgan fingerprint density at radius 1 is 1.20 bits per heavy atom. The van der Waals surface area contributed by atoms with Crippen LogP contribution in [0.5, 0.6) is 0 Å². The molecule has 0 bridgehead atoms. The van der Waals surface area contributed by atoms with E-state index in [1.165, 1.54) is 35.5 Å². The van der Waals surface area contributed by atoms with Gasteiger partial charge in [-0.2, -0.15) is 5.10 Å². The van der Waals surface area contributed by atoms with E-state index in [9.17, 15) is 13.6 Å². The fraction of sp³-hybridized carbons (Fsp3) is 0.167. The molecule has 0 saturated carbocycles. The minimum Gasteiger partial charge on any atom is -0.349 e. The van der Waals surface area contributed by atoms with Crippen LogP contribution < -0.4 is 5.32 Å². The maximum absolute atomic E-state index is 13.7. The lowest BCUT2D eigenvalue weighted by molar-refractivity contribution is 0.0939. The zero-order chi connectivity index (χ0) is 17.8. The van der Waals surface area contributed by atoms with Crippen molar-refractivity contribution in [2.24, 2.45) is 0 Å². The molecule has 3 aromatic rings.